The second-order valence-corrected chi connectivity index (χ2v) is 6.96. The predicted molar refractivity (Wildman–Crippen MR) is 88.1 cm³/mol. The molecule has 2 aliphatic heterocycles. The summed E-state index contributed by atoms with van der Waals surface area (Å²) in [5, 5.41) is 0. The maximum atomic E-state index is 5.55. The number of rotatable bonds is 3. The first kappa shape index (κ1) is 15.3. The summed E-state index contributed by atoms with van der Waals surface area (Å²) in [7, 11) is 1.77. The van der Waals surface area contributed by atoms with Gasteiger partial charge >= 0.3 is 0 Å². The summed E-state index contributed by atoms with van der Waals surface area (Å²) in [6.07, 6.45) is 4.85. The Bertz CT molecular complexity index is 466. The highest BCUT2D eigenvalue weighted by Gasteiger charge is 2.28. The van der Waals surface area contributed by atoms with Crippen LogP contribution in [0.2, 0.25) is 0 Å². The second-order valence-electron chi connectivity index (χ2n) is 6.04. The first-order valence-corrected chi connectivity index (χ1v) is 8.72. The molecule has 0 aliphatic carbocycles. The highest BCUT2D eigenvalue weighted by atomic mass is 79.9. The van der Waals surface area contributed by atoms with Gasteiger partial charge in [0, 0.05) is 23.7 Å². The molecule has 2 aliphatic rings. The van der Waals surface area contributed by atoms with E-state index in [0.29, 0.717) is 5.92 Å². The van der Waals surface area contributed by atoms with Crippen molar-refractivity contribution in [2.24, 2.45) is 0 Å². The minimum atomic E-state index is 0.619. The maximum absolute atomic E-state index is 5.55. The third kappa shape index (κ3) is 3.61. The van der Waals surface area contributed by atoms with Crippen molar-refractivity contribution >= 4 is 15.9 Å². The number of benzene rings is 1. The minimum Gasteiger partial charge on any atom is -0.496 e. The molecular weight excluding hydrogens is 330 g/mol. The van der Waals surface area contributed by atoms with E-state index >= 15 is 0 Å². The molecule has 2 heterocycles. The van der Waals surface area contributed by atoms with Gasteiger partial charge in [0.05, 0.1) is 7.11 Å². The lowest BCUT2D eigenvalue weighted by Crippen LogP contribution is -2.43. The van der Waals surface area contributed by atoms with Gasteiger partial charge in [0.15, 0.2) is 0 Å². The molecule has 0 amide bonds. The lowest BCUT2D eigenvalue weighted by Gasteiger charge is -2.39. The topological polar surface area (TPSA) is 21.7 Å². The van der Waals surface area contributed by atoms with E-state index in [1.54, 1.807) is 7.11 Å². The Hall–Kier alpha value is -0.580. The molecule has 116 valence electrons. The Kier molecular flexibility index (Phi) is 5.19. The van der Waals surface area contributed by atoms with Crippen LogP contribution in [0.4, 0.5) is 0 Å². The first-order chi connectivity index (χ1) is 10.3. The number of ether oxygens (including phenoxy) is 2. The van der Waals surface area contributed by atoms with Gasteiger partial charge in [-0.2, -0.15) is 0 Å². The van der Waals surface area contributed by atoms with Gasteiger partial charge < -0.3 is 14.4 Å². The number of methoxy groups -OCH3 is 1. The molecule has 0 atom stereocenters. The van der Waals surface area contributed by atoms with Crippen molar-refractivity contribution in [2.45, 2.75) is 37.6 Å². The largest absolute Gasteiger partial charge is 0.496 e. The average Bonchev–Trinajstić information content (AvgIpc) is 2.56. The molecule has 2 fully saturated rings. The molecule has 0 N–H and O–H groups in total. The van der Waals surface area contributed by atoms with Crippen molar-refractivity contribution < 1.29 is 9.47 Å². The summed E-state index contributed by atoms with van der Waals surface area (Å²) in [6.45, 7) is 4.27. The normalized spacial score (nSPS) is 22.4. The van der Waals surface area contributed by atoms with E-state index in [1.807, 2.05) is 0 Å². The Labute approximate surface area is 135 Å². The summed E-state index contributed by atoms with van der Waals surface area (Å²) in [4.78, 5) is 2.67. The lowest BCUT2D eigenvalue weighted by molar-refractivity contribution is 0.0251. The zero-order valence-corrected chi connectivity index (χ0v) is 14.3. The van der Waals surface area contributed by atoms with Crippen LogP contribution in [-0.2, 0) is 4.74 Å². The summed E-state index contributed by atoms with van der Waals surface area (Å²) in [5.41, 5.74) is 1.36. The fraction of sp³-hybridized carbons (Fsp3) is 0.647. The van der Waals surface area contributed by atoms with Gasteiger partial charge in [-0.15, -0.1) is 0 Å². The fourth-order valence-corrected chi connectivity index (χ4v) is 4.03. The highest BCUT2D eigenvalue weighted by Crippen LogP contribution is 2.36. The maximum Gasteiger partial charge on any atom is 0.122 e. The molecule has 0 aromatic heterocycles. The number of hydrogen-bond donors (Lipinski definition) is 0. The number of nitrogens with zero attached hydrogens (tertiary/aromatic N) is 1. The minimum absolute atomic E-state index is 0.619. The zero-order chi connectivity index (χ0) is 14.7. The number of likely N-dealkylation sites (tertiary alicyclic amines) is 1. The molecule has 3 rings (SSSR count). The smallest absolute Gasteiger partial charge is 0.122 e. The van der Waals surface area contributed by atoms with E-state index < -0.39 is 0 Å². The van der Waals surface area contributed by atoms with Crippen LogP contribution in [0.25, 0.3) is 0 Å². The first-order valence-electron chi connectivity index (χ1n) is 7.93. The van der Waals surface area contributed by atoms with Crippen LogP contribution in [0, 0.1) is 0 Å². The molecule has 3 nitrogen and oxygen atoms in total. The molecule has 1 aromatic carbocycles. The van der Waals surface area contributed by atoms with Gasteiger partial charge in [0.1, 0.15) is 5.75 Å². The third-order valence-electron chi connectivity index (χ3n) is 4.87. The summed E-state index contributed by atoms with van der Waals surface area (Å²) >= 11 is 3.59. The van der Waals surface area contributed by atoms with Crippen LogP contribution in [0.3, 0.4) is 0 Å². The van der Waals surface area contributed by atoms with Crippen LogP contribution < -0.4 is 4.74 Å². The quantitative estimate of drug-likeness (QED) is 0.824. The van der Waals surface area contributed by atoms with Gasteiger partial charge in [-0.25, -0.2) is 0 Å². The number of halogens is 1. The Morgan fingerprint density at radius 3 is 2.52 bits per heavy atom. The SMILES string of the molecule is COc1ccc(Br)cc1C1CCN(C2CCOCC2)CC1. The van der Waals surface area contributed by atoms with Crippen molar-refractivity contribution in [3.05, 3.63) is 28.2 Å². The van der Waals surface area contributed by atoms with Gasteiger partial charge in [0.2, 0.25) is 0 Å². The lowest BCUT2D eigenvalue weighted by atomic mass is 9.87. The van der Waals surface area contributed by atoms with Crippen LogP contribution in [0.1, 0.15) is 37.2 Å². The van der Waals surface area contributed by atoms with Crippen molar-refractivity contribution in [1.29, 1.82) is 0 Å². The molecule has 1 aromatic rings. The highest BCUT2D eigenvalue weighted by molar-refractivity contribution is 9.10. The van der Waals surface area contributed by atoms with Crippen molar-refractivity contribution in [1.82, 2.24) is 4.90 Å². The second kappa shape index (κ2) is 7.12. The van der Waals surface area contributed by atoms with E-state index in [-0.39, 0.29) is 0 Å². The fourth-order valence-electron chi connectivity index (χ4n) is 3.65. The molecule has 4 heteroatoms. The Morgan fingerprint density at radius 2 is 1.86 bits per heavy atom. The molecule has 0 saturated carbocycles. The molecule has 0 radical (unpaired) electrons. The number of hydrogen-bond acceptors (Lipinski definition) is 3. The van der Waals surface area contributed by atoms with E-state index in [1.165, 1.54) is 44.3 Å². The van der Waals surface area contributed by atoms with Crippen LogP contribution >= 0.6 is 15.9 Å². The van der Waals surface area contributed by atoms with E-state index in [9.17, 15) is 0 Å². The predicted octanol–water partition coefficient (Wildman–Crippen LogP) is 3.82. The molecule has 0 spiro atoms. The van der Waals surface area contributed by atoms with Gasteiger partial charge in [-0.1, -0.05) is 15.9 Å². The number of piperidine rings is 1. The zero-order valence-electron chi connectivity index (χ0n) is 12.7. The van der Waals surface area contributed by atoms with E-state index in [0.717, 1.165) is 29.5 Å². The van der Waals surface area contributed by atoms with E-state index in [2.05, 4.69) is 39.0 Å². The molecule has 2 saturated heterocycles. The van der Waals surface area contributed by atoms with Crippen molar-refractivity contribution in [3.63, 3.8) is 0 Å². The van der Waals surface area contributed by atoms with Gasteiger partial charge in [0.25, 0.3) is 0 Å². The third-order valence-corrected chi connectivity index (χ3v) is 5.36. The molecule has 0 unspecified atom stereocenters. The summed E-state index contributed by atoms with van der Waals surface area (Å²) < 4.78 is 12.2. The monoisotopic (exact) mass is 353 g/mol. The van der Waals surface area contributed by atoms with Gasteiger partial charge in [-0.05, 0) is 68.5 Å². The Balaban J connectivity index is 1.64. The molecule has 0 bridgehead atoms. The van der Waals surface area contributed by atoms with Crippen molar-refractivity contribution in [2.75, 3.05) is 33.4 Å². The molecular formula is C17H24BrNO2. The summed E-state index contributed by atoms with van der Waals surface area (Å²) in [6, 6.07) is 7.10. The molecule has 21 heavy (non-hydrogen) atoms. The van der Waals surface area contributed by atoms with Gasteiger partial charge in [-0.3, -0.25) is 0 Å². The van der Waals surface area contributed by atoms with Crippen LogP contribution in [0.15, 0.2) is 22.7 Å². The average molecular weight is 354 g/mol. The van der Waals surface area contributed by atoms with Crippen molar-refractivity contribution in [3.8, 4) is 5.75 Å². The standard InChI is InChI=1S/C17H24BrNO2/c1-20-17-3-2-14(18)12-16(17)13-4-8-19(9-5-13)15-6-10-21-11-7-15/h2-3,12-13,15H,4-11H2,1H3. The Morgan fingerprint density at radius 1 is 1.14 bits per heavy atom. The van der Waals surface area contributed by atoms with Crippen LogP contribution in [0.5, 0.6) is 5.75 Å². The summed E-state index contributed by atoms with van der Waals surface area (Å²) in [5.74, 6) is 1.65. The van der Waals surface area contributed by atoms with Crippen LogP contribution in [-0.4, -0.2) is 44.4 Å². The van der Waals surface area contributed by atoms with E-state index in [4.69, 9.17) is 9.47 Å².